The second-order valence-electron chi connectivity index (χ2n) is 3.36. The summed E-state index contributed by atoms with van der Waals surface area (Å²) < 4.78 is 4.72. The minimum Gasteiger partial charge on any atom is -0.396 e. The number of rotatable bonds is 9. The maximum atomic E-state index is 8.72. The first-order valence-electron chi connectivity index (χ1n) is 5.49. The van der Waals surface area contributed by atoms with E-state index >= 15 is 0 Å². The van der Waals surface area contributed by atoms with Gasteiger partial charge in [-0.1, -0.05) is 0 Å². The molecule has 0 saturated heterocycles. The maximum Gasteiger partial charge on any atom is 0.100 e. The molecule has 0 spiro atoms. The minimum absolute atomic E-state index is 0.0342. The second-order valence-corrected chi connectivity index (χ2v) is 3.36. The third-order valence-electron chi connectivity index (χ3n) is 1.61. The molecule has 6 N–H and O–H groups in total. The van der Waals surface area contributed by atoms with E-state index in [0.29, 0.717) is 0 Å². The Labute approximate surface area is 101 Å². The van der Waals surface area contributed by atoms with Crippen molar-refractivity contribution in [1.82, 2.24) is 0 Å². The molecule has 0 rings (SSSR count). The molecule has 0 aliphatic carbocycles. The highest BCUT2D eigenvalue weighted by atomic mass is 16.5. The van der Waals surface area contributed by atoms with Crippen LogP contribution in [0.4, 0.5) is 0 Å². The molecule has 0 aromatic rings. The van der Waals surface area contributed by atoms with E-state index in [1.54, 1.807) is 0 Å². The van der Waals surface area contributed by atoms with E-state index in [0.717, 1.165) is 12.8 Å². The molecule has 2 atom stereocenters. The van der Waals surface area contributed by atoms with Crippen molar-refractivity contribution in [2.75, 3.05) is 39.6 Å². The lowest BCUT2D eigenvalue weighted by molar-refractivity contribution is -0.0364. The van der Waals surface area contributed by atoms with Gasteiger partial charge in [0.25, 0.3) is 0 Å². The highest BCUT2D eigenvalue weighted by Gasteiger charge is 2.04. The standard InChI is InChI=1S/C6H14O5.C4H10O2/c7-1-5(9)3-11-4-6(10)2-8;5-3-1-2-4-6/h5-10H,1-4H2;5-6H,1-4H2. The molecular weight excluding hydrogens is 232 g/mol. The van der Waals surface area contributed by atoms with Crippen LogP contribution in [0.5, 0.6) is 0 Å². The zero-order valence-electron chi connectivity index (χ0n) is 9.90. The Balaban J connectivity index is 0. The van der Waals surface area contributed by atoms with Crippen LogP contribution in [0.25, 0.3) is 0 Å². The fraction of sp³-hybridized carbons (Fsp3) is 1.00. The molecule has 0 aromatic heterocycles. The number of hydrogen-bond acceptors (Lipinski definition) is 7. The Morgan fingerprint density at radius 3 is 1.29 bits per heavy atom. The Morgan fingerprint density at radius 2 is 1.06 bits per heavy atom. The van der Waals surface area contributed by atoms with Gasteiger partial charge < -0.3 is 35.4 Å². The summed E-state index contributed by atoms with van der Waals surface area (Å²) in [6.45, 7) is -0.410. The van der Waals surface area contributed by atoms with Gasteiger partial charge in [-0.05, 0) is 12.8 Å². The van der Waals surface area contributed by atoms with Crippen LogP contribution in [0.15, 0.2) is 0 Å². The summed E-state index contributed by atoms with van der Waals surface area (Å²) in [6.07, 6.45) is -0.394. The van der Waals surface area contributed by atoms with Gasteiger partial charge in [0.05, 0.1) is 26.4 Å². The summed E-state index contributed by atoms with van der Waals surface area (Å²) in [4.78, 5) is 0. The Hall–Kier alpha value is -0.280. The van der Waals surface area contributed by atoms with Gasteiger partial charge >= 0.3 is 0 Å². The zero-order valence-corrected chi connectivity index (χ0v) is 9.90. The van der Waals surface area contributed by atoms with Gasteiger partial charge in [-0.3, -0.25) is 0 Å². The summed E-state index contributed by atoms with van der Waals surface area (Å²) in [7, 11) is 0. The van der Waals surface area contributed by atoms with E-state index in [-0.39, 0.29) is 39.6 Å². The first-order chi connectivity index (χ1) is 8.12. The number of hydrogen-bond donors (Lipinski definition) is 6. The van der Waals surface area contributed by atoms with E-state index in [9.17, 15) is 0 Å². The van der Waals surface area contributed by atoms with E-state index in [2.05, 4.69) is 0 Å². The van der Waals surface area contributed by atoms with Crippen LogP contribution in [-0.4, -0.2) is 82.5 Å². The summed E-state index contributed by atoms with van der Waals surface area (Å²) in [5.41, 5.74) is 0. The SMILES string of the molecule is OCC(O)COCC(O)CO.OCCCCO. The van der Waals surface area contributed by atoms with Crippen molar-refractivity contribution in [3.8, 4) is 0 Å². The van der Waals surface area contributed by atoms with Crippen molar-refractivity contribution in [2.45, 2.75) is 25.0 Å². The Kier molecular flexibility index (Phi) is 17.6. The van der Waals surface area contributed by atoms with Gasteiger partial charge in [0.2, 0.25) is 0 Å². The van der Waals surface area contributed by atoms with Crippen LogP contribution in [0.2, 0.25) is 0 Å². The molecule has 7 heteroatoms. The molecule has 0 radical (unpaired) electrons. The first kappa shape index (κ1) is 19.1. The summed E-state index contributed by atoms with van der Waals surface area (Å²) in [5.74, 6) is 0. The molecule has 0 aromatic carbocycles. The van der Waals surface area contributed by atoms with Crippen LogP contribution in [-0.2, 0) is 4.74 Å². The fourth-order valence-electron chi connectivity index (χ4n) is 0.669. The van der Waals surface area contributed by atoms with Crippen LogP contribution < -0.4 is 0 Å². The van der Waals surface area contributed by atoms with Crippen LogP contribution in [0.3, 0.4) is 0 Å². The third kappa shape index (κ3) is 18.3. The molecule has 2 unspecified atom stereocenters. The number of ether oxygens (including phenoxy) is 1. The van der Waals surface area contributed by atoms with Crippen molar-refractivity contribution in [3.05, 3.63) is 0 Å². The molecule has 17 heavy (non-hydrogen) atoms. The topological polar surface area (TPSA) is 131 Å². The summed E-state index contributed by atoms with van der Waals surface area (Å²) >= 11 is 0. The largest absolute Gasteiger partial charge is 0.396 e. The minimum atomic E-state index is -0.916. The lowest BCUT2D eigenvalue weighted by Gasteiger charge is -2.10. The molecule has 0 fully saturated rings. The predicted octanol–water partition coefficient (Wildman–Crippen LogP) is -2.54. The smallest absolute Gasteiger partial charge is 0.100 e. The first-order valence-corrected chi connectivity index (χ1v) is 5.49. The molecular formula is C10H24O7. The van der Waals surface area contributed by atoms with E-state index in [1.165, 1.54) is 0 Å². The van der Waals surface area contributed by atoms with E-state index in [4.69, 9.17) is 35.4 Å². The van der Waals surface area contributed by atoms with Crippen molar-refractivity contribution in [1.29, 1.82) is 0 Å². The quantitative estimate of drug-likeness (QED) is 0.251. The van der Waals surface area contributed by atoms with E-state index < -0.39 is 12.2 Å². The molecule has 0 aliphatic rings. The highest BCUT2D eigenvalue weighted by Crippen LogP contribution is 1.87. The molecule has 0 heterocycles. The monoisotopic (exact) mass is 256 g/mol. The van der Waals surface area contributed by atoms with Crippen molar-refractivity contribution in [3.63, 3.8) is 0 Å². The lowest BCUT2D eigenvalue weighted by Crippen LogP contribution is -2.25. The van der Waals surface area contributed by atoms with Gasteiger partial charge in [0.1, 0.15) is 12.2 Å². The third-order valence-corrected chi connectivity index (χ3v) is 1.61. The molecule has 0 amide bonds. The number of unbranched alkanes of at least 4 members (excludes halogenated alkanes) is 1. The van der Waals surface area contributed by atoms with Gasteiger partial charge in [0, 0.05) is 13.2 Å². The van der Waals surface area contributed by atoms with Crippen molar-refractivity contribution in [2.24, 2.45) is 0 Å². The maximum absolute atomic E-state index is 8.72. The van der Waals surface area contributed by atoms with Crippen LogP contribution in [0, 0.1) is 0 Å². The second kappa shape index (κ2) is 15.7. The van der Waals surface area contributed by atoms with Crippen molar-refractivity contribution < 1.29 is 35.4 Å². The number of aliphatic hydroxyl groups is 6. The lowest BCUT2D eigenvalue weighted by atomic mass is 10.3. The molecule has 0 saturated carbocycles. The van der Waals surface area contributed by atoms with Gasteiger partial charge in [-0.2, -0.15) is 0 Å². The van der Waals surface area contributed by atoms with Gasteiger partial charge in [-0.25, -0.2) is 0 Å². The normalized spacial score (nSPS) is 13.8. The molecule has 7 nitrogen and oxygen atoms in total. The molecule has 106 valence electrons. The van der Waals surface area contributed by atoms with Gasteiger partial charge in [-0.15, -0.1) is 0 Å². The van der Waals surface area contributed by atoms with E-state index in [1.807, 2.05) is 0 Å². The summed E-state index contributed by atoms with van der Waals surface area (Å²) in [6, 6.07) is 0. The Bertz CT molecular complexity index is 120. The number of aliphatic hydroxyl groups excluding tert-OH is 6. The average Bonchev–Trinajstić information content (AvgIpc) is 2.36. The zero-order chi connectivity index (χ0) is 13.5. The molecule has 0 aliphatic heterocycles. The average molecular weight is 256 g/mol. The molecule has 0 bridgehead atoms. The predicted molar refractivity (Wildman–Crippen MR) is 60.4 cm³/mol. The van der Waals surface area contributed by atoms with Crippen molar-refractivity contribution >= 4 is 0 Å². The van der Waals surface area contributed by atoms with Crippen LogP contribution in [0.1, 0.15) is 12.8 Å². The fourth-order valence-corrected chi connectivity index (χ4v) is 0.669. The van der Waals surface area contributed by atoms with Crippen LogP contribution >= 0.6 is 0 Å². The highest BCUT2D eigenvalue weighted by molar-refractivity contribution is 4.52. The Morgan fingerprint density at radius 1 is 0.706 bits per heavy atom. The van der Waals surface area contributed by atoms with Gasteiger partial charge in [0.15, 0.2) is 0 Å². The summed E-state index contributed by atoms with van der Waals surface area (Å²) in [5, 5.41) is 50.3.